The standard InChI is InChI=1S/C20H21N7/c1-27-10-8-14(9-11-27)23-20-25-18(22)16-6-7-17(24-19(16)26-20)15-5-3-2-4-13(15)12-21/h2-7,14H,8-11H2,1H3,(H3,22,23,24,25,26). The molecule has 7 heteroatoms. The number of hydrogen-bond donors (Lipinski definition) is 2. The highest BCUT2D eigenvalue weighted by molar-refractivity contribution is 5.88. The minimum atomic E-state index is 0.334. The summed E-state index contributed by atoms with van der Waals surface area (Å²) in [6.07, 6.45) is 2.08. The van der Waals surface area contributed by atoms with Gasteiger partial charge in [-0.25, -0.2) is 4.98 Å². The second-order valence-electron chi connectivity index (χ2n) is 6.88. The molecule has 0 atom stereocenters. The van der Waals surface area contributed by atoms with Crippen LogP contribution in [0, 0.1) is 11.3 Å². The lowest BCUT2D eigenvalue weighted by molar-refractivity contribution is 0.263. The number of fused-ring (bicyclic) bond motifs is 1. The van der Waals surface area contributed by atoms with Crippen LogP contribution in [-0.2, 0) is 0 Å². The van der Waals surface area contributed by atoms with Gasteiger partial charge >= 0.3 is 0 Å². The van der Waals surface area contributed by atoms with Crippen molar-refractivity contribution in [3.05, 3.63) is 42.0 Å². The summed E-state index contributed by atoms with van der Waals surface area (Å²) < 4.78 is 0. The van der Waals surface area contributed by atoms with E-state index in [0.717, 1.165) is 31.5 Å². The molecule has 1 saturated heterocycles. The van der Waals surface area contributed by atoms with Gasteiger partial charge in [-0.1, -0.05) is 18.2 Å². The molecule has 1 aliphatic heterocycles. The van der Waals surface area contributed by atoms with Gasteiger partial charge in [-0.3, -0.25) is 0 Å². The van der Waals surface area contributed by atoms with Crippen LogP contribution in [0.5, 0.6) is 0 Å². The van der Waals surface area contributed by atoms with Gasteiger partial charge in [0.1, 0.15) is 5.82 Å². The fourth-order valence-corrected chi connectivity index (χ4v) is 3.39. The molecule has 3 heterocycles. The lowest BCUT2D eigenvalue weighted by atomic mass is 10.0. The highest BCUT2D eigenvalue weighted by Crippen LogP contribution is 2.26. The first-order valence-corrected chi connectivity index (χ1v) is 9.03. The number of benzene rings is 1. The minimum absolute atomic E-state index is 0.334. The van der Waals surface area contributed by atoms with Gasteiger partial charge in [0.25, 0.3) is 0 Å². The van der Waals surface area contributed by atoms with Gasteiger partial charge < -0.3 is 16.0 Å². The smallest absolute Gasteiger partial charge is 0.226 e. The van der Waals surface area contributed by atoms with E-state index in [0.29, 0.717) is 40.1 Å². The molecule has 0 spiro atoms. The Kier molecular flexibility index (Phi) is 4.57. The first kappa shape index (κ1) is 17.2. The van der Waals surface area contributed by atoms with E-state index in [1.165, 1.54) is 0 Å². The summed E-state index contributed by atoms with van der Waals surface area (Å²) in [5.74, 6) is 0.913. The monoisotopic (exact) mass is 359 g/mol. The molecule has 0 unspecified atom stereocenters. The van der Waals surface area contributed by atoms with Crippen molar-refractivity contribution in [1.82, 2.24) is 19.9 Å². The third-order valence-electron chi connectivity index (χ3n) is 4.96. The zero-order chi connectivity index (χ0) is 18.8. The Morgan fingerprint density at radius 3 is 2.67 bits per heavy atom. The molecule has 0 radical (unpaired) electrons. The molecule has 3 aromatic rings. The number of pyridine rings is 1. The number of nitrogen functional groups attached to an aromatic ring is 1. The van der Waals surface area contributed by atoms with E-state index < -0.39 is 0 Å². The first-order valence-electron chi connectivity index (χ1n) is 9.03. The van der Waals surface area contributed by atoms with E-state index in [9.17, 15) is 5.26 Å². The third-order valence-corrected chi connectivity index (χ3v) is 4.96. The number of hydrogen-bond acceptors (Lipinski definition) is 7. The first-order chi connectivity index (χ1) is 13.1. The number of anilines is 2. The molecule has 7 nitrogen and oxygen atoms in total. The van der Waals surface area contributed by atoms with E-state index in [1.54, 1.807) is 6.07 Å². The molecule has 0 bridgehead atoms. The number of nitrogens with two attached hydrogens (primary N) is 1. The molecule has 0 aliphatic carbocycles. The molecular weight excluding hydrogens is 338 g/mol. The van der Waals surface area contributed by atoms with Gasteiger partial charge in [0.05, 0.1) is 22.7 Å². The largest absolute Gasteiger partial charge is 0.383 e. The topological polar surface area (TPSA) is 104 Å². The molecule has 0 amide bonds. The van der Waals surface area contributed by atoms with E-state index in [-0.39, 0.29) is 0 Å². The lowest BCUT2D eigenvalue weighted by Gasteiger charge is -2.29. The second-order valence-corrected chi connectivity index (χ2v) is 6.88. The Labute approximate surface area is 157 Å². The maximum Gasteiger partial charge on any atom is 0.226 e. The van der Waals surface area contributed by atoms with Gasteiger partial charge in [-0.05, 0) is 51.2 Å². The van der Waals surface area contributed by atoms with E-state index in [2.05, 4.69) is 38.3 Å². The Hall–Kier alpha value is -3.24. The molecule has 2 aromatic heterocycles. The Morgan fingerprint density at radius 1 is 1.11 bits per heavy atom. The predicted octanol–water partition coefficient (Wildman–Crippen LogP) is 2.65. The highest BCUT2D eigenvalue weighted by atomic mass is 15.2. The fourth-order valence-electron chi connectivity index (χ4n) is 3.39. The molecule has 27 heavy (non-hydrogen) atoms. The van der Waals surface area contributed by atoms with Crippen molar-refractivity contribution in [2.75, 3.05) is 31.2 Å². The molecule has 136 valence electrons. The zero-order valence-corrected chi connectivity index (χ0v) is 15.2. The van der Waals surface area contributed by atoms with Crippen molar-refractivity contribution in [3.8, 4) is 17.3 Å². The lowest BCUT2D eigenvalue weighted by Crippen LogP contribution is -2.37. The summed E-state index contributed by atoms with van der Waals surface area (Å²) in [6.45, 7) is 2.10. The number of piperidine rings is 1. The van der Waals surface area contributed by atoms with Crippen molar-refractivity contribution in [1.29, 1.82) is 5.26 Å². The molecule has 0 saturated carbocycles. The molecule has 4 rings (SSSR count). The van der Waals surface area contributed by atoms with Gasteiger partial charge in [0.15, 0.2) is 5.65 Å². The van der Waals surface area contributed by atoms with Crippen LogP contribution in [0.25, 0.3) is 22.3 Å². The number of aromatic nitrogens is 3. The predicted molar refractivity (Wildman–Crippen MR) is 106 cm³/mol. The van der Waals surface area contributed by atoms with Gasteiger partial charge in [-0.2, -0.15) is 15.2 Å². The van der Waals surface area contributed by atoms with Crippen molar-refractivity contribution >= 4 is 22.8 Å². The van der Waals surface area contributed by atoms with Crippen LogP contribution in [0.4, 0.5) is 11.8 Å². The summed E-state index contributed by atoms with van der Waals surface area (Å²) in [7, 11) is 2.13. The highest BCUT2D eigenvalue weighted by Gasteiger charge is 2.18. The normalized spacial score (nSPS) is 15.6. The van der Waals surface area contributed by atoms with Crippen LogP contribution in [0.3, 0.4) is 0 Å². The van der Waals surface area contributed by atoms with Crippen molar-refractivity contribution in [3.63, 3.8) is 0 Å². The molecular formula is C20H21N7. The Morgan fingerprint density at radius 2 is 1.89 bits per heavy atom. The number of nitrogens with one attached hydrogen (secondary N) is 1. The SMILES string of the molecule is CN1CCC(Nc2nc(N)c3ccc(-c4ccccc4C#N)nc3n2)CC1. The maximum atomic E-state index is 9.35. The maximum absolute atomic E-state index is 9.35. The van der Waals surface area contributed by atoms with Crippen molar-refractivity contribution in [2.24, 2.45) is 0 Å². The van der Waals surface area contributed by atoms with E-state index in [1.807, 2.05) is 30.3 Å². The quantitative estimate of drug-likeness (QED) is 0.741. The minimum Gasteiger partial charge on any atom is -0.383 e. The number of likely N-dealkylation sites (tertiary alicyclic amines) is 1. The summed E-state index contributed by atoms with van der Waals surface area (Å²) in [6, 6.07) is 13.7. The van der Waals surface area contributed by atoms with Crippen LogP contribution < -0.4 is 11.1 Å². The summed E-state index contributed by atoms with van der Waals surface area (Å²) in [4.78, 5) is 15.9. The Balaban J connectivity index is 1.69. The van der Waals surface area contributed by atoms with Crippen LogP contribution >= 0.6 is 0 Å². The van der Waals surface area contributed by atoms with Crippen molar-refractivity contribution in [2.45, 2.75) is 18.9 Å². The average Bonchev–Trinajstić information content (AvgIpc) is 2.69. The van der Waals surface area contributed by atoms with Crippen LogP contribution in [0.2, 0.25) is 0 Å². The van der Waals surface area contributed by atoms with Crippen LogP contribution in [-0.4, -0.2) is 46.0 Å². The zero-order valence-electron chi connectivity index (χ0n) is 15.2. The summed E-state index contributed by atoms with van der Waals surface area (Å²) >= 11 is 0. The van der Waals surface area contributed by atoms with E-state index >= 15 is 0 Å². The summed E-state index contributed by atoms with van der Waals surface area (Å²) in [5.41, 5.74) is 8.73. The van der Waals surface area contributed by atoms with Crippen LogP contribution in [0.15, 0.2) is 36.4 Å². The number of nitriles is 1. The van der Waals surface area contributed by atoms with Gasteiger partial charge in [-0.15, -0.1) is 0 Å². The molecule has 1 fully saturated rings. The van der Waals surface area contributed by atoms with Crippen LogP contribution in [0.1, 0.15) is 18.4 Å². The van der Waals surface area contributed by atoms with Crippen molar-refractivity contribution < 1.29 is 0 Å². The fraction of sp³-hybridized carbons (Fsp3) is 0.300. The summed E-state index contributed by atoms with van der Waals surface area (Å²) in [5, 5.41) is 13.5. The van der Waals surface area contributed by atoms with Gasteiger partial charge in [0, 0.05) is 11.6 Å². The number of nitrogens with zero attached hydrogens (tertiary/aromatic N) is 5. The second kappa shape index (κ2) is 7.17. The molecule has 1 aromatic carbocycles. The third kappa shape index (κ3) is 3.52. The molecule has 3 N–H and O–H groups in total. The average molecular weight is 359 g/mol. The van der Waals surface area contributed by atoms with Gasteiger partial charge in [0.2, 0.25) is 5.95 Å². The van der Waals surface area contributed by atoms with E-state index in [4.69, 9.17) is 5.73 Å². The Bertz CT molecular complexity index is 1020. The molecule has 1 aliphatic rings. The number of rotatable bonds is 3.